The van der Waals surface area contributed by atoms with Crippen molar-refractivity contribution in [3.05, 3.63) is 45.3 Å². The van der Waals surface area contributed by atoms with Crippen molar-refractivity contribution in [1.29, 1.82) is 0 Å². The molecule has 0 aliphatic rings. The minimum absolute atomic E-state index is 0.404. The average Bonchev–Trinajstić information content (AvgIpc) is 2.33. The molecule has 1 aromatic heterocycles. The normalized spacial score (nSPS) is 10.5. The van der Waals surface area contributed by atoms with Crippen molar-refractivity contribution in [3.8, 4) is 11.6 Å². The zero-order valence-electron chi connectivity index (χ0n) is 10.8. The van der Waals surface area contributed by atoms with Crippen LogP contribution in [-0.2, 0) is 6.42 Å². The molecule has 2 rings (SSSR count). The second kappa shape index (κ2) is 6.35. The third-order valence-electron chi connectivity index (χ3n) is 2.56. The lowest BCUT2D eigenvalue weighted by Crippen LogP contribution is -1.98. The van der Waals surface area contributed by atoms with Gasteiger partial charge in [-0.25, -0.2) is 4.98 Å². The van der Waals surface area contributed by atoms with E-state index in [0.717, 1.165) is 28.6 Å². The van der Waals surface area contributed by atoms with E-state index in [-0.39, 0.29) is 0 Å². The number of benzene rings is 1. The third kappa shape index (κ3) is 3.91. The highest BCUT2D eigenvalue weighted by Gasteiger charge is 2.07. The van der Waals surface area contributed by atoms with Gasteiger partial charge in [0.25, 0.3) is 0 Å². The molecule has 5 heteroatoms. The number of nitrogens with zero attached hydrogens (tertiary/aromatic N) is 2. The van der Waals surface area contributed by atoms with Crippen molar-refractivity contribution < 1.29 is 4.74 Å². The lowest BCUT2D eigenvalue weighted by atomic mass is 10.2. The summed E-state index contributed by atoms with van der Waals surface area (Å²) in [6.45, 7) is 4.06. The Labute approximate surface area is 126 Å². The van der Waals surface area contributed by atoms with Crippen LogP contribution in [0.25, 0.3) is 0 Å². The standard InChI is InChI=1S/C14H14BrClN2O/c1-3-4-13-17-12(16)8-14(18-13)19-11-7-10(15)6-5-9(11)2/h5-8H,3-4H2,1-2H3. The molecule has 0 atom stereocenters. The van der Waals surface area contributed by atoms with E-state index in [9.17, 15) is 0 Å². The summed E-state index contributed by atoms with van der Waals surface area (Å²) < 4.78 is 6.75. The van der Waals surface area contributed by atoms with Gasteiger partial charge in [-0.15, -0.1) is 0 Å². The fraction of sp³-hybridized carbons (Fsp3) is 0.286. The number of rotatable bonds is 4. The number of aromatic nitrogens is 2. The summed E-state index contributed by atoms with van der Waals surface area (Å²) >= 11 is 9.41. The molecular formula is C14H14BrClN2O. The van der Waals surface area contributed by atoms with E-state index in [2.05, 4.69) is 32.8 Å². The lowest BCUT2D eigenvalue weighted by Gasteiger charge is -2.09. The summed E-state index contributed by atoms with van der Waals surface area (Å²) in [6, 6.07) is 7.48. The summed E-state index contributed by atoms with van der Waals surface area (Å²) in [6.07, 6.45) is 1.75. The Kier molecular flexibility index (Phi) is 4.77. The number of hydrogen-bond donors (Lipinski definition) is 0. The van der Waals surface area contributed by atoms with Gasteiger partial charge in [-0.3, -0.25) is 0 Å². The largest absolute Gasteiger partial charge is 0.439 e. The van der Waals surface area contributed by atoms with E-state index in [1.54, 1.807) is 6.07 Å². The van der Waals surface area contributed by atoms with E-state index < -0.39 is 0 Å². The predicted octanol–water partition coefficient (Wildman–Crippen LogP) is 4.95. The second-order valence-electron chi connectivity index (χ2n) is 4.21. The average molecular weight is 342 g/mol. The molecule has 0 spiro atoms. The topological polar surface area (TPSA) is 35.0 Å². The van der Waals surface area contributed by atoms with E-state index in [4.69, 9.17) is 16.3 Å². The molecule has 0 aliphatic carbocycles. The molecule has 0 N–H and O–H groups in total. The van der Waals surface area contributed by atoms with Crippen molar-refractivity contribution in [3.63, 3.8) is 0 Å². The van der Waals surface area contributed by atoms with Crippen LogP contribution in [-0.4, -0.2) is 9.97 Å². The number of ether oxygens (including phenoxy) is 1. The quantitative estimate of drug-likeness (QED) is 0.738. The fourth-order valence-electron chi connectivity index (χ4n) is 1.63. The van der Waals surface area contributed by atoms with Crippen molar-refractivity contribution in [2.45, 2.75) is 26.7 Å². The summed E-state index contributed by atoms with van der Waals surface area (Å²) in [4.78, 5) is 8.53. The van der Waals surface area contributed by atoms with Crippen molar-refractivity contribution >= 4 is 27.5 Å². The second-order valence-corrected chi connectivity index (χ2v) is 5.51. The molecule has 0 fully saturated rings. The van der Waals surface area contributed by atoms with Gasteiger partial charge < -0.3 is 4.74 Å². The molecule has 0 amide bonds. The molecule has 1 aromatic carbocycles. The Balaban J connectivity index is 2.29. The number of aryl methyl sites for hydroxylation is 2. The molecule has 19 heavy (non-hydrogen) atoms. The summed E-state index contributed by atoms with van der Waals surface area (Å²) in [7, 11) is 0. The van der Waals surface area contributed by atoms with Crippen molar-refractivity contribution in [2.75, 3.05) is 0 Å². The van der Waals surface area contributed by atoms with Gasteiger partial charge >= 0.3 is 0 Å². The maximum atomic E-state index is 5.98. The predicted molar refractivity (Wildman–Crippen MR) is 80.0 cm³/mol. The van der Waals surface area contributed by atoms with Gasteiger partial charge in [0.2, 0.25) is 5.88 Å². The molecule has 3 nitrogen and oxygen atoms in total. The highest BCUT2D eigenvalue weighted by molar-refractivity contribution is 9.10. The highest BCUT2D eigenvalue weighted by atomic mass is 79.9. The Hall–Kier alpha value is -1.13. The molecule has 2 aromatic rings. The molecule has 0 unspecified atom stereocenters. The minimum atomic E-state index is 0.404. The Morgan fingerprint density at radius 3 is 2.79 bits per heavy atom. The van der Waals surface area contributed by atoms with Gasteiger partial charge in [0.15, 0.2) is 0 Å². The zero-order valence-corrected chi connectivity index (χ0v) is 13.1. The van der Waals surface area contributed by atoms with Crippen LogP contribution in [0, 0.1) is 6.92 Å². The van der Waals surface area contributed by atoms with E-state index >= 15 is 0 Å². The van der Waals surface area contributed by atoms with Crippen LogP contribution in [0.3, 0.4) is 0 Å². The van der Waals surface area contributed by atoms with Crippen LogP contribution >= 0.6 is 27.5 Å². The summed E-state index contributed by atoms with van der Waals surface area (Å²) in [5.41, 5.74) is 1.04. The Bertz CT molecular complexity index is 590. The zero-order chi connectivity index (χ0) is 13.8. The number of hydrogen-bond acceptors (Lipinski definition) is 3. The van der Waals surface area contributed by atoms with Crippen LogP contribution in [0.5, 0.6) is 11.6 Å². The van der Waals surface area contributed by atoms with Crippen LogP contribution in [0.4, 0.5) is 0 Å². The van der Waals surface area contributed by atoms with Gasteiger partial charge in [0.1, 0.15) is 16.7 Å². The Morgan fingerprint density at radius 1 is 1.26 bits per heavy atom. The molecule has 0 aliphatic heterocycles. The molecule has 0 saturated heterocycles. The monoisotopic (exact) mass is 340 g/mol. The van der Waals surface area contributed by atoms with E-state index in [0.29, 0.717) is 16.9 Å². The van der Waals surface area contributed by atoms with Gasteiger partial charge in [0.05, 0.1) is 0 Å². The van der Waals surface area contributed by atoms with Crippen molar-refractivity contribution in [1.82, 2.24) is 9.97 Å². The first kappa shape index (κ1) is 14.3. The van der Waals surface area contributed by atoms with Gasteiger partial charge in [-0.1, -0.05) is 40.5 Å². The van der Waals surface area contributed by atoms with Gasteiger partial charge in [-0.2, -0.15) is 4.98 Å². The van der Waals surface area contributed by atoms with Gasteiger partial charge in [0, 0.05) is 17.0 Å². The smallest absolute Gasteiger partial charge is 0.224 e. The van der Waals surface area contributed by atoms with E-state index in [1.165, 1.54) is 0 Å². The third-order valence-corrected chi connectivity index (χ3v) is 3.24. The fourth-order valence-corrected chi connectivity index (χ4v) is 2.16. The highest BCUT2D eigenvalue weighted by Crippen LogP contribution is 2.28. The SMILES string of the molecule is CCCc1nc(Cl)cc(Oc2cc(Br)ccc2C)n1. The first-order valence-electron chi connectivity index (χ1n) is 6.06. The summed E-state index contributed by atoms with van der Waals surface area (Å²) in [5.74, 6) is 1.94. The molecule has 1 heterocycles. The van der Waals surface area contributed by atoms with Crippen molar-refractivity contribution in [2.24, 2.45) is 0 Å². The number of halogens is 2. The maximum Gasteiger partial charge on any atom is 0.224 e. The maximum absolute atomic E-state index is 5.98. The minimum Gasteiger partial charge on any atom is -0.439 e. The van der Waals surface area contributed by atoms with Crippen LogP contribution in [0.1, 0.15) is 24.7 Å². The Morgan fingerprint density at radius 2 is 2.05 bits per heavy atom. The van der Waals surface area contributed by atoms with Crippen LogP contribution < -0.4 is 4.74 Å². The summed E-state index contributed by atoms with van der Waals surface area (Å²) in [5, 5.41) is 0.404. The van der Waals surface area contributed by atoms with Gasteiger partial charge in [-0.05, 0) is 31.0 Å². The lowest BCUT2D eigenvalue weighted by molar-refractivity contribution is 0.454. The molecule has 0 bridgehead atoms. The van der Waals surface area contributed by atoms with E-state index in [1.807, 2.05) is 25.1 Å². The van der Waals surface area contributed by atoms with Crippen LogP contribution in [0.15, 0.2) is 28.7 Å². The molecule has 100 valence electrons. The first-order valence-corrected chi connectivity index (χ1v) is 7.23. The first-order chi connectivity index (χ1) is 9.08. The van der Waals surface area contributed by atoms with Crippen LogP contribution in [0.2, 0.25) is 5.15 Å². The molecule has 0 radical (unpaired) electrons. The molecular weight excluding hydrogens is 328 g/mol. The molecule has 0 saturated carbocycles.